The molecule has 14 heavy (non-hydrogen) atoms. The van der Waals surface area contributed by atoms with Gasteiger partial charge in [-0.2, -0.15) is 0 Å². The summed E-state index contributed by atoms with van der Waals surface area (Å²) in [6.07, 6.45) is 3.00. The summed E-state index contributed by atoms with van der Waals surface area (Å²) in [5, 5.41) is -1.22. The van der Waals surface area contributed by atoms with E-state index < -0.39 is 12.3 Å². The molecule has 82 valence electrons. The SMILES string of the molecule is COCCCC12CC([B-](F)(F)F)(C1)C2. The van der Waals surface area contributed by atoms with Gasteiger partial charge >= 0.3 is 6.98 Å². The molecule has 3 aliphatic carbocycles. The summed E-state index contributed by atoms with van der Waals surface area (Å²) in [7, 11) is 1.63. The summed E-state index contributed by atoms with van der Waals surface area (Å²) in [6.45, 7) is -3.92. The summed E-state index contributed by atoms with van der Waals surface area (Å²) in [6, 6.07) is 0. The quantitative estimate of drug-likeness (QED) is 0.496. The first-order chi connectivity index (χ1) is 6.43. The average molecular weight is 207 g/mol. The van der Waals surface area contributed by atoms with Crippen LogP contribution >= 0.6 is 0 Å². The highest BCUT2D eigenvalue weighted by molar-refractivity contribution is 6.63. The van der Waals surface area contributed by atoms with Gasteiger partial charge < -0.3 is 17.7 Å². The molecule has 3 saturated carbocycles. The van der Waals surface area contributed by atoms with E-state index in [1.807, 2.05) is 0 Å². The van der Waals surface area contributed by atoms with Gasteiger partial charge in [0.1, 0.15) is 0 Å². The molecule has 1 nitrogen and oxygen atoms in total. The molecule has 0 atom stereocenters. The van der Waals surface area contributed by atoms with E-state index in [0.717, 1.165) is 12.8 Å². The molecule has 0 aliphatic heterocycles. The lowest BCUT2D eigenvalue weighted by Crippen LogP contribution is -2.64. The average Bonchev–Trinajstić information content (AvgIpc) is 1.88. The number of ether oxygens (including phenoxy) is 1. The van der Waals surface area contributed by atoms with Gasteiger partial charge in [-0.1, -0.05) is 24.6 Å². The van der Waals surface area contributed by atoms with E-state index in [4.69, 9.17) is 4.74 Å². The minimum atomic E-state index is -4.59. The van der Waals surface area contributed by atoms with Crippen LogP contribution in [-0.2, 0) is 4.74 Å². The van der Waals surface area contributed by atoms with E-state index in [1.165, 1.54) is 0 Å². The largest absolute Gasteiger partial charge is 0.484 e. The maximum Gasteiger partial charge on any atom is 0.484 e. The first-order valence-electron chi connectivity index (χ1n) is 5.12. The van der Waals surface area contributed by atoms with Crippen LogP contribution in [-0.4, -0.2) is 20.7 Å². The molecule has 5 heteroatoms. The third-order valence-electron chi connectivity index (χ3n) is 3.93. The molecule has 0 unspecified atom stereocenters. The maximum absolute atomic E-state index is 12.5. The molecule has 3 aliphatic rings. The van der Waals surface area contributed by atoms with E-state index in [-0.39, 0.29) is 5.41 Å². The monoisotopic (exact) mass is 207 g/mol. The second-order valence-electron chi connectivity index (χ2n) is 5.06. The van der Waals surface area contributed by atoms with Crippen LogP contribution in [0.2, 0.25) is 5.31 Å². The Hall–Kier alpha value is -0.185. The van der Waals surface area contributed by atoms with Crippen LogP contribution in [0.15, 0.2) is 0 Å². The predicted octanol–water partition coefficient (Wildman–Crippen LogP) is 3.18. The summed E-state index contributed by atoms with van der Waals surface area (Å²) in [4.78, 5) is 0. The van der Waals surface area contributed by atoms with Crippen molar-refractivity contribution in [3.05, 3.63) is 0 Å². The fraction of sp³-hybridized carbons (Fsp3) is 1.00. The van der Waals surface area contributed by atoms with Gasteiger partial charge in [-0.05, 0) is 18.3 Å². The summed E-state index contributed by atoms with van der Waals surface area (Å²) in [5.41, 5.74) is 0.0514. The van der Waals surface area contributed by atoms with Gasteiger partial charge in [-0.25, -0.2) is 0 Å². The number of rotatable bonds is 5. The van der Waals surface area contributed by atoms with Crippen molar-refractivity contribution in [1.82, 2.24) is 0 Å². The Labute approximate surface area is 82.1 Å². The normalized spacial score (nSPS) is 40.3. The molecule has 3 fully saturated rings. The molecule has 0 saturated heterocycles. The first-order valence-corrected chi connectivity index (χ1v) is 5.12. The van der Waals surface area contributed by atoms with Crippen molar-refractivity contribution < 1.29 is 17.7 Å². The number of halogens is 3. The van der Waals surface area contributed by atoms with Gasteiger partial charge in [0.25, 0.3) is 0 Å². The molecule has 0 N–H and O–H groups in total. The van der Waals surface area contributed by atoms with Crippen molar-refractivity contribution in [2.24, 2.45) is 5.41 Å². The van der Waals surface area contributed by atoms with Gasteiger partial charge in [-0.15, -0.1) is 0 Å². The summed E-state index contributed by atoms with van der Waals surface area (Å²) >= 11 is 0. The predicted molar refractivity (Wildman–Crippen MR) is 49.2 cm³/mol. The van der Waals surface area contributed by atoms with Crippen LogP contribution in [0, 0.1) is 5.41 Å². The van der Waals surface area contributed by atoms with Crippen molar-refractivity contribution in [3.8, 4) is 0 Å². The molecular formula is C9H15BF3O-. The fourth-order valence-corrected chi connectivity index (χ4v) is 3.29. The maximum atomic E-state index is 12.5. The molecule has 2 bridgehead atoms. The van der Waals surface area contributed by atoms with Gasteiger partial charge in [0, 0.05) is 13.7 Å². The second-order valence-corrected chi connectivity index (χ2v) is 5.06. The molecule has 0 radical (unpaired) electrons. The number of hydrogen-bond acceptors (Lipinski definition) is 1. The van der Waals surface area contributed by atoms with Crippen molar-refractivity contribution in [3.63, 3.8) is 0 Å². The molecule has 3 rings (SSSR count). The molecule has 0 amide bonds. The number of methoxy groups -OCH3 is 1. The van der Waals surface area contributed by atoms with E-state index in [2.05, 4.69) is 0 Å². The summed E-state index contributed by atoms with van der Waals surface area (Å²) in [5.74, 6) is 0. The van der Waals surface area contributed by atoms with E-state index in [9.17, 15) is 12.9 Å². The Balaban J connectivity index is 1.77. The van der Waals surface area contributed by atoms with Gasteiger partial charge in [-0.3, -0.25) is 0 Å². The van der Waals surface area contributed by atoms with Crippen LogP contribution in [0.5, 0.6) is 0 Å². The summed E-state index contributed by atoms with van der Waals surface area (Å²) < 4.78 is 42.5. The highest BCUT2D eigenvalue weighted by Crippen LogP contribution is 2.83. The smallest absolute Gasteiger partial charge is 0.449 e. The van der Waals surface area contributed by atoms with Gasteiger partial charge in [0.15, 0.2) is 0 Å². The third kappa shape index (κ3) is 1.28. The second kappa shape index (κ2) is 2.91. The number of hydrogen-bond donors (Lipinski definition) is 0. The van der Waals surface area contributed by atoms with Crippen molar-refractivity contribution in [2.75, 3.05) is 13.7 Å². The molecule has 0 aromatic heterocycles. The first kappa shape index (κ1) is 10.3. The lowest BCUT2D eigenvalue weighted by molar-refractivity contribution is -0.121. The van der Waals surface area contributed by atoms with Gasteiger partial charge in [0.05, 0.1) is 0 Å². The van der Waals surface area contributed by atoms with Crippen LogP contribution in [0.25, 0.3) is 0 Å². The van der Waals surface area contributed by atoms with Gasteiger partial charge in [0.2, 0.25) is 0 Å². The zero-order valence-corrected chi connectivity index (χ0v) is 8.36. The van der Waals surface area contributed by atoms with E-state index >= 15 is 0 Å². The standard InChI is InChI=1S/C9H15BF3O/c1-14-4-2-3-8-5-9(6-8,7-8)10(11,12)13/h2-7H2,1H3/q-1. The van der Waals surface area contributed by atoms with Crippen molar-refractivity contribution >= 4 is 6.98 Å². The lowest BCUT2D eigenvalue weighted by atomic mass is 9.23. The Morgan fingerprint density at radius 3 is 2.21 bits per heavy atom. The Morgan fingerprint density at radius 2 is 1.79 bits per heavy atom. The van der Waals surface area contributed by atoms with Crippen LogP contribution < -0.4 is 0 Å². The Bertz CT molecular complexity index is 219. The molecule has 0 spiro atoms. The van der Waals surface area contributed by atoms with Crippen LogP contribution in [0.1, 0.15) is 32.1 Å². The Morgan fingerprint density at radius 1 is 1.21 bits per heavy atom. The fourth-order valence-electron chi connectivity index (χ4n) is 3.29. The minimum absolute atomic E-state index is 0.0514. The zero-order chi connectivity index (χ0) is 10.4. The zero-order valence-electron chi connectivity index (χ0n) is 8.36. The lowest BCUT2D eigenvalue weighted by Gasteiger charge is -2.75. The molecule has 0 heterocycles. The topological polar surface area (TPSA) is 9.23 Å². The van der Waals surface area contributed by atoms with Crippen LogP contribution in [0.4, 0.5) is 12.9 Å². The highest BCUT2D eigenvalue weighted by atomic mass is 19.4. The molecular weight excluding hydrogens is 192 g/mol. The highest BCUT2D eigenvalue weighted by Gasteiger charge is 2.73. The van der Waals surface area contributed by atoms with Crippen molar-refractivity contribution in [1.29, 1.82) is 0 Å². The minimum Gasteiger partial charge on any atom is -0.449 e. The van der Waals surface area contributed by atoms with Crippen LogP contribution in [0.3, 0.4) is 0 Å². The Kier molecular flexibility index (Phi) is 2.14. The van der Waals surface area contributed by atoms with Crippen molar-refractivity contribution in [2.45, 2.75) is 37.4 Å². The van der Waals surface area contributed by atoms with E-state index in [0.29, 0.717) is 25.9 Å². The van der Waals surface area contributed by atoms with E-state index in [1.54, 1.807) is 7.11 Å². The molecule has 0 aromatic carbocycles. The molecule has 0 aromatic rings. The third-order valence-corrected chi connectivity index (χ3v) is 3.93.